The molecule has 7 nitrogen and oxygen atoms in total. The van der Waals surface area contributed by atoms with Gasteiger partial charge in [-0.3, -0.25) is 19.3 Å². The molecule has 0 saturated heterocycles. The largest absolute Gasteiger partial charge is 0.478 e. The van der Waals surface area contributed by atoms with Crippen molar-refractivity contribution in [2.24, 2.45) is 0 Å². The third-order valence-corrected chi connectivity index (χ3v) is 2.97. The first-order chi connectivity index (χ1) is 9.81. The number of fused-ring (bicyclic) bond motifs is 1. The third-order valence-electron chi connectivity index (χ3n) is 2.97. The molecule has 0 saturated carbocycles. The quantitative estimate of drug-likeness (QED) is 0.786. The Balaban J connectivity index is 2.26. The van der Waals surface area contributed by atoms with E-state index in [1.165, 1.54) is 12.1 Å². The zero-order valence-electron chi connectivity index (χ0n) is 11.5. The summed E-state index contributed by atoms with van der Waals surface area (Å²) in [6, 6.07) is 3.59. The molecule has 2 rings (SSSR count). The lowest BCUT2D eigenvalue weighted by Gasteiger charge is -2.14. The summed E-state index contributed by atoms with van der Waals surface area (Å²) in [5.74, 6) is -2.88. The summed E-state index contributed by atoms with van der Waals surface area (Å²) in [6.45, 7) is 3.14. The van der Waals surface area contributed by atoms with E-state index in [-0.39, 0.29) is 29.3 Å². The van der Waals surface area contributed by atoms with Gasteiger partial charge in [-0.25, -0.2) is 4.79 Å². The highest BCUT2D eigenvalue weighted by Crippen LogP contribution is 2.23. The second-order valence-corrected chi connectivity index (χ2v) is 4.98. The van der Waals surface area contributed by atoms with Crippen molar-refractivity contribution < 1.29 is 24.3 Å². The first-order valence-corrected chi connectivity index (χ1v) is 6.34. The number of carbonyl (C=O) groups excluding carboxylic acids is 3. The number of nitrogens with zero attached hydrogens (tertiary/aromatic N) is 1. The van der Waals surface area contributed by atoms with Crippen molar-refractivity contribution >= 4 is 23.7 Å². The fraction of sp³-hybridized carbons (Fsp3) is 0.286. The molecule has 1 aliphatic heterocycles. The fourth-order valence-electron chi connectivity index (χ4n) is 2.08. The first-order valence-electron chi connectivity index (χ1n) is 6.34. The molecule has 0 bridgehead atoms. The molecule has 0 spiro atoms. The van der Waals surface area contributed by atoms with Crippen LogP contribution in [0.15, 0.2) is 18.2 Å². The molecule has 1 aromatic rings. The Labute approximate surface area is 120 Å². The first kappa shape index (κ1) is 14.7. The predicted octanol–water partition coefficient (Wildman–Crippen LogP) is 0.505. The van der Waals surface area contributed by atoms with Crippen molar-refractivity contribution in [1.82, 2.24) is 10.2 Å². The Morgan fingerprint density at radius 3 is 2.38 bits per heavy atom. The van der Waals surface area contributed by atoms with Crippen LogP contribution in [0.3, 0.4) is 0 Å². The molecule has 0 radical (unpaired) electrons. The van der Waals surface area contributed by atoms with Gasteiger partial charge in [-0.15, -0.1) is 0 Å². The topological polar surface area (TPSA) is 104 Å². The Hall–Kier alpha value is -2.70. The number of hydrogen-bond acceptors (Lipinski definition) is 4. The number of hydrogen-bond donors (Lipinski definition) is 2. The molecule has 110 valence electrons. The Morgan fingerprint density at radius 1 is 1.19 bits per heavy atom. The Bertz CT molecular complexity index is 651. The molecule has 1 aromatic carbocycles. The van der Waals surface area contributed by atoms with Crippen molar-refractivity contribution in [3.05, 3.63) is 34.9 Å². The smallest absolute Gasteiger partial charge is 0.335 e. The maximum absolute atomic E-state index is 12.1. The van der Waals surface area contributed by atoms with Gasteiger partial charge in [0.05, 0.1) is 16.7 Å². The number of nitrogens with one attached hydrogen (secondary N) is 1. The number of aromatic carboxylic acids is 1. The molecule has 3 amide bonds. The molecule has 0 atom stereocenters. The van der Waals surface area contributed by atoms with Crippen LogP contribution in [-0.4, -0.2) is 46.3 Å². The maximum Gasteiger partial charge on any atom is 0.335 e. The highest BCUT2D eigenvalue weighted by Gasteiger charge is 2.37. The highest BCUT2D eigenvalue weighted by atomic mass is 16.4. The van der Waals surface area contributed by atoms with Crippen molar-refractivity contribution in [2.45, 2.75) is 19.9 Å². The standard InChI is InChI=1S/C14H14N2O5/c1-7(2)15-11(17)6-16-12(18)9-4-3-8(14(20)21)5-10(9)13(16)19/h3-5,7H,6H2,1-2H3,(H,15,17)(H,20,21). The van der Waals surface area contributed by atoms with Gasteiger partial charge in [-0.05, 0) is 32.0 Å². The van der Waals surface area contributed by atoms with Crippen molar-refractivity contribution in [3.63, 3.8) is 0 Å². The fourth-order valence-corrected chi connectivity index (χ4v) is 2.08. The lowest BCUT2D eigenvalue weighted by molar-refractivity contribution is -0.121. The lowest BCUT2D eigenvalue weighted by Crippen LogP contribution is -2.42. The molecule has 21 heavy (non-hydrogen) atoms. The van der Waals surface area contributed by atoms with Crippen molar-refractivity contribution in [2.75, 3.05) is 6.54 Å². The minimum Gasteiger partial charge on any atom is -0.478 e. The van der Waals surface area contributed by atoms with Crippen LogP contribution in [0.5, 0.6) is 0 Å². The summed E-state index contributed by atoms with van der Waals surface area (Å²) in [4.78, 5) is 47.6. The van der Waals surface area contributed by atoms with E-state index < -0.39 is 23.7 Å². The SMILES string of the molecule is CC(C)NC(=O)CN1C(=O)c2ccc(C(=O)O)cc2C1=O. The van der Waals surface area contributed by atoms with Crippen LogP contribution in [0, 0.1) is 0 Å². The number of carboxylic acids is 1. The van der Waals surface area contributed by atoms with E-state index >= 15 is 0 Å². The summed E-state index contributed by atoms with van der Waals surface area (Å²) < 4.78 is 0. The zero-order chi connectivity index (χ0) is 15.7. The average molecular weight is 290 g/mol. The summed E-state index contributed by atoms with van der Waals surface area (Å²) in [7, 11) is 0. The molecule has 0 aliphatic carbocycles. The molecule has 1 heterocycles. The number of benzene rings is 1. The summed E-state index contributed by atoms with van der Waals surface area (Å²) >= 11 is 0. The molecular weight excluding hydrogens is 276 g/mol. The highest BCUT2D eigenvalue weighted by molar-refractivity contribution is 6.22. The number of carbonyl (C=O) groups is 4. The van der Waals surface area contributed by atoms with E-state index in [1.54, 1.807) is 13.8 Å². The molecule has 0 unspecified atom stereocenters. The van der Waals surface area contributed by atoms with E-state index in [9.17, 15) is 19.2 Å². The van der Waals surface area contributed by atoms with Crippen molar-refractivity contribution in [1.29, 1.82) is 0 Å². The predicted molar refractivity (Wildman–Crippen MR) is 72.0 cm³/mol. The average Bonchev–Trinajstić information content (AvgIpc) is 2.62. The monoisotopic (exact) mass is 290 g/mol. The van der Waals surface area contributed by atoms with E-state index in [0.717, 1.165) is 11.0 Å². The van der Waals surface area contributed by atoms with Crippen LogP contribution in [-0.2, 0) is 4.79 Å². The van der Waals surface area contributed by atoms with Gasteiger partial charge in [-0.1, -0.05) is 0 Å². The van der Waals surface area contributed by atoms with Gasteiger partial charge >= 0.3 is 5.97 Å². The van der Waals surface area contributed by atoms with Crippen LogP contribution >= 0.6 is 0 Å². The minimum atomic E-state index is -1.19. The second kappa shape index (κ2) is 5.35. The van der Waals surface area contributed by atoms with E-state index in [4.69, 9.17) is 5.11 Å². The van der Waals surface area contributed by atoms with Crippen LogP contribution in [0.4, 0.5) is 0 Å². The summed E-state index contributed by atoms with van der Waals surface area (Å²) in [5, 5.41) is 11.5. The van der Waals surface area contributed by atoms with Crippen LogP contribution in [0.1, 0.15) is 44.9 Å². The molecule has 2 N–H and O–H groups in total. The number of carboxylic acid groups (broad SMARTS) is 1. The van der Waals surface area contributed by atoms with E-state index in [1.807, 2.05) is 0 Å². The number of rotatable bonds is 4. The van der Waals surface area contributed by atoms with Gasteiger partial charge in [0, 0.05) is 6.04 Å². The van der Waals surface area contributed by atoms with Crippen LogP contribution in [0.2, 0.25) is 0 Å². The molecule has 1 aliphatic rings. The van der Waals surface area contributed by atoms with Crippen LogP contribution < -0.4 is 5.32 Å². The molecule has 0 fully saturated rings. The van der Waals surface area contributed by atoms with E-state index in [0.29, 0.717) is 0 Å². The Kier molecular flexibility index (Phi) is 3.75. The molecular formula is C14H14N2O5. The summed E-state index contributed by atoms with van der Waals surface area (Å²) in [5.41, 5.74) is 0.0444. The van der Waals surface area contributed by atoms with Gasteiger partial charge in [0.2, 0.25) is 5.91 Å². The van der Waals surface area contributed by atoms with Gasteiger partial charge in [0.15, 0.2) is 0 Å². The lowest BCUT2D eigenvalue weighted by atomic mass is 10.1. The second-order valence-electron chi connectivity index (χ2n) is 4.98. The number of amides is 3. The Morgan fingerprint density at radius 2 is 1.81 bits per heavy atom. The minimum absolute atomic E-state index is 0.0113. The maximum atomic E-state index is 12.1. The number of imide groups is 1. The zero-order valence-corrected chi connectivity index (χ0v) is 11.5. The summed E-state index contributed by atoms with van der Waals surface area (Å²) in [6.07, 6.45) is 0. The van der Waals surface area contributed by atoms with Gasteiger partial charge in [0.1, 0.15) is 6.54 Å². The van der Waals surface area contributed by atoms with Gasteiger partial charge in [0.25, 0.3) is 11.8 Å². The molecule has 0 aromatic heterocycles. The normalized spacial score (nSPS) is 13.6. The van der Waals surface area contributed by atoms with E-state index in [2.05, 4.69) is 5.32 Å². The van der Waals surface area contributed by atoms with Crippen LogP contribution in [0.25, 0.3) is 0 Å². The molecule has 7 heteroatoms. The van der Waals surface area contributed by atoms with Gasteiger partial charge < -0.3 is 10.4 Å². The van der Waals surface area contributed by atoms with Gasteiger partial charge in [-0.2, -0.15) is 0 Å². The third kappa shape index (κ3) is 2.76. The van der Waals surface area contributed by atoms with Crippen molar-refractivity contribution in [3.8, 4) is 0 Å².